The first kappa shape index (κ1) is 8.19. The van der Waals surface area contributed by atoms with Gasteiger partial charge in [-0.1, -0.05) is 6.58 Å². The van der Waals surface area contributed by atoms with Crippen LogP contribution in [0, 0.1) is 0 Å². The third-order valence-corrected chi connectivity index (χ3v) is 2.47. The molecule has 2 heterocycles. The molecule has 0 aromatic carbocycles. The molecule has 0 spiro atoms. The van der Waals surface area contributed by atoms with Gasteiger partial charge in [-0.15, -0.1) is 11.3 Å². The summed E-state index contributed by atoms with van der Waals surface area (Å²) in [7, 11) is 0. The van der Waals surface area contributed by atoms with E-state index >= 15 is 0 Å². The minimum atomic E-state index is 0.549. The van der Waals surface area contributed by atoms with E-state index in [0.717, 1.165) is 16.0 Å². The van der Waals surface area contributed by atoms with E-state index in [-0.39, 0.29) is 0 Å². The molecular weight excluding hydrogens is 182 g/mol. The van der Waals surface area contributed by atoms with Crippen LogP contribution in [0.2, 0.25) is 0 Å². The lowest BCUT2D eigenvalue weighted by molar-refractivity contribution is 0.970. The van der Waals surface area contributed by atoms with Crippen molar-refractivity contribution in [1.82, 2.24) is 9.97 Å². The van der Waals surface area contributed by atoms with Gasteiger partial charge in [-0.25, -0.2) is 9.97 Å². The number of hydrogen-bond acceptors (Lipinski definition) is 4. The molecule has 0 amide bonds. The number of thiophene rings is 1. The molecule has 0 saturated heterocycles. The van der Waals surface area contributed by atoms with Crippen molar-refractivity contribution in [3.8, 4) is 0 Å². The van der Waals surface area contributed by atoms with E-state index in [2.05, 4.69) is 16.5 Å². The first-order chi connectivity index (χ1) is 6.25. The van der Waals surface area contributed by atoms with Crippen LogP contribution >= 0.6 is 11.3 Å². The van der Waals surface area contributed by atoms with E-state index in [9.17, 15) is 0 Å². The zero-order valence-electron chi connectivity index (χ0n) is 7.03. The van der Waals surface area contributed by atoms with Gasteiger partial charge in [-0.2, -0.15) is 0 Å². The van der Waals surface area contributed by atoms with Crippen molar-refractivity contribution in [3.63, 3.8) is 0 Å². The maximum absolute atomic E-state index is 5.47. The molecular formula is C9H9N3S. The summed E-state index contributed by atoms with van der Waals surface area (Å²) in [6.07, 6.45) is 2.37. The van der Waals surface area contributed by atoms with Gasteiger partial charge in [0.05, 0.1) is 0 Å². The molecule has 13 heavy (non-hydrogen) atoms. The molecule has 0 aliphatic heterocycles. The summed E-state index contributed by atoms with van der Waals surface area (Å²) in [5.74, 6) is 0.738. The summed E-state index contributed by atoms with van der Waals surface area (Å²) in [6.45, 7) is 3.62. The number of allylic oxidation sites excluding steroid dienone is 1. The van der Waals surface area contributed by atoms with Gasteiger partial charge in [0.1, 0.15) is 10.7 Å². The lowest BCUT2D eigenvalue weighted by Crippen LogP contribution is -2.02. The van der Waals surface area contributed by atoms with Crippen LogP contribution < -0.4 is 5.73 Å². The number of rotatable bonds is 2. The maximum atomic E-state index is 5.47. The van der Waals surface area contributed by atoms with E-state index in [1.807, 2.05) is 17.6 Å². The van der Waals surface area contributed by atoms with Crippen molar-refractivity contribution in [2.75, 3.05) is 0 Å². The average Bonchev–Trinajstić information content (AvgIpc) is 2.49. The van der Waals surface area contributed by atoms with E-state index in [0.29, 0.717) is 12.1 Å². The SMILES string of the molecule is C=C(N)Cc1ncc2ccsc2n1. The quantitative estimate of drug-likeness (QED) is 0.786. The van der Waals surface area contributed by atoms with Crippen molar-refractivity contribution in [3.05, 3.63) is 35.7 Å². The highest BCUT2D eigenvalue weighted by molar-refractivity contribution is 7.16. The molecule has 3 nitrogen and oxygen atoms in total. The maximum Gasteiger partial charge on any atom is 0.135 e. The number of hydrogen-bond donors (Lipinski definition) is 1. The topological polar surface area (TPSA) is 51.8 Å². The molecule has 0 aliphatic rings. The Morgan fingerprint density at radius 3 is 3.23 bits per heavy atom. The lowest BCUT2D eigenvalue weighted by Gasteiger charge is -1.97. The first-order valence-corrected chi connectivity index (χ1v) is 4.76. The standard InChI is InChI=1S/C9H9N3S/c1-6(10)4-8-11-5-7-2-3-13-9(7)12-8/h2-3,5H,1,4,10H2. The number of fused-ring (bicyclic) bond motifs is 1. The molecule has 2 aromatic rings. The fraction of sp³-hybridized carbons (Fsp3) is 0.111. The Labute approximate surface area is 79.9 Å². The highest BCUT2D eigenvalue weighted by atomic mass is 32.1. The second-order valence-corrected chi connectivity index (χ2v) is 3.70. The Kier molecular flexibility index (Phi) is 1.98. The van der Waals surface area contributed by atoms with E-state index in [1.54, 1.807) is 11.3 Å². The van der Waals surface area contributed by atoms with Crippen LogP contribution in [0.1, 0.15) is 5.82 Å². The van der Waals surface area contributed by atoms with Gasteiger partial charge in [-0.3, -0.25) is 0 Å². The zero-order valence-corrected chi connectivity index (χ0v) is 7.84. The van der Waals surface area contributed by atoms with Gasteiger partial charge < -0.3 is 5.73 Å². The molecule has 0 atom stereocenters. The summed E-state index contributed by atoms with van der Waals surface area (Å²) in [4.78, 5) is 9.52. The number of nitrogens with zero attached hydrogens (tertiary/aromatic N) is 2. The first-order valence-electron chi connectivity index (χ1n) is 3.88. The molecule has 66 valence electrons. The highest BCUT2D eigenvalue weighted by Crippen LogP contribution is 2.17. The van der Waals surface area contributed by atoms with Crippen LogP contribution in [-0.4, -0.2) is 9.97 Å². The largest absolute Gasteiger partial charge is 0.402 e. The minimum absolute atomic E-state index is 0.549. The molecule has 0 fully saturated rings. The summed E-state index contributed by atoms with van der Waals surface area (Å²) in [5, 5.41) is 3.08. The van der Waals surface area contributed by atoms with Crippen molar-refractivity contribution in [2.24, 2.45) is 5.73 Å². The van der Waals surface area contributed by atoms with Crippen LogP contribution in [0.15, 0.2) is 29.9 Å². The van der Waals surface area contributed by atoms with Gasteiger partial charge in [0.25, 0.3) is 0 Å². The van der Waals surface area contributed by atoms with Crippen molar-refractivity contribution in [2.45, 2.75) is 6.42 Å². The molecule has 2 N–H and O–H groups in total. The van der Waals surface area contributed by atoms with Crippen LogP contribution in [0.25, 0.3) is 10.2 Å². The summed E-state index contributed by atoms with van der Waals surface area (Å²) >= 11 is 1.61. The van der Waals surface area contributed by atoms with Crippen LogP contribution in [0.4, 0.5) is 0 Å². The Hall–Kier alpha value is -1.42. The van der Waals surface area contributed by atoms with Crippen molar-refractivity contribution >= 4 is 21.6 Å². The van der Waals surface area contributed by atoms with Gasteiger partial charge in [0, 0.05) is 23.7 Å². The number of nitrogens with two attached hydrogens (primary N) is 1. The van der Waals surface area contributed by atoms with Gasteiger partial charge in [0.2, 0.25) is 0 Å². The van der Waals surface area contributed by atoms with Crippen LogP contribution in [0.5, 0.6) is 0 Å². The highest BCUT2D eigenvalue weighted by Gasteiger charge is 2.00. The van der Waals surface area contributed by atoms with Crippen molar-refractivity contribution in [1.29, 1.82) is 0 Å². The fourth-order valence-corrected chi connectivity index (χ4v) is 1.84. The summed E-state index contributed by atoms with van der Waals surface area (Å²) in [5.41, 5.74) is 6.07. The summed E-state index contributed by atoms with van der Waals surface area (Å²) in [6, 6.07) is 2.00. The third-order valence-electron chi connectivity index (χ3n) is 1.64. The fourth-order valence-electron chi connectivity index (χ4n) is 1.08. The Bertz CT molecular complexity index is 447. The smallest absolute Gasteiger partial charge is 0.135 e. The Morgan fingerprint density at radius 2 is 2.46 bits per heavy atom. The molecule has 2 rings (SSSR count). The average molecular weight is 191 g/mol. The van der Waals surface area contributed by atoms with Crippen molar-refractivity contribution < 1.29 is 0 Å². The Balaban J connectivity index is 2.42. The molecule has 0 unspecified atom stereocenters. The second-order valence-electron chi connectivity index (χ2n) is 2.80. The second kappa shape index (κ2) is 3.14. The van der Waals surface area contributed by atoms with Gasteiger partial charge in [0.15, 0.2) is 0 Å². The normalized spacial score (nSPS) is 10.5. The van der Waals surface area contributed by atoms with Gasteiger partial charge >= 0.3 is 0 Å². The van der Waals surface area contributed by atoms with E-state index < -0.39 is 0 Å². The third kappa shape index (κ3) is 1.67. The van der Waals surface area contributed by atoms with E-state index in [4.69, 9.17) is 5.73 Å². The molecule has 0 radical (unpaired) electrons. The molecule has 0 aliphatic carbocycles. The molecule has 0 saturated carbocycles. The zero-order chi connectivity index (χ0) is 9.26. The predicted octanol–water partition coefficient (Wildman–Crippen LogP) is 1.71. The molecule has 4 heteroatoms. The minimum Gasteiger partial charge on any atom is -0.402 e. The molecule has 2 aromatic heterocycles. The Morgan fingerprint density at radius 1 is 1.62 bits per heavy atom. The predicted molar refractivity (Wildman–Crippen MR) is 54.4 cm³/mol. The molecule has 0 bridgehead atoms. The van der Waals surface area contributed by atoms with Crippen LogP contribution in [0.3, 0.4) is 0 Å². The number of aromatic nitrogens is 2. The lowest BCUT2D eigenvalue weighted by atomic mass is 10.3. The monoisotopic (exact) mass is 191 g/mol. The van der Waals surface area contributed by atoms with Crippen LogP contribution in [-0.2, 0) is 6.42 Å². The van der Waals surface area contributed by atoms with E-state index in [1.165, 1.54) is 0 Å². The summed E-state index contributed by atoms with van der Waals surface area (Å²) < 4.78 is 0. The van der Waals surface area contributed by atoms with Gasteiger partial charge in [-0.05, 0) is 11.4 Å².